The molecule has 4 nitrogen and oxygen atoms in total. The van der Waals surface area contributed by atoms with Crippen LogP contribution >= 0.6 is 0 Å². The predicted octanol–water partition coefficient (Wildman–Crippen LogP) is 2.72. The molecule has 3 rings (SSSR count). The quantitative estimate of drug-likeness (QED) is 0.938. The van der Waals surface area contributed by atoms with Crippen molar-refractivity contribution in [3.63, 3.8) is 0 Å². The Bertz CT molecular complexity index is 623. The van der Waals surface area contributed by atoms with Crippen LogP contribution in [0.4, 0.5) is 5.69 Å². The van der Waals surface area contributed by atoms with Crippen LogP contribution in [0.1, 0.15) is 17.2 Å². The minimum absolute atomic E-state index is 0.0512. The van der Waals surface area contributed by atoms with Gasteiger partial charge in [-0.2, -0.15) is 0 Å². The van der Waals surface area contributed by atoms with Gasteiger partial charge in [0.05, 0.1) is 0 Å². The Kier molecular flexibility index (Phi) is 3.71. The molecule has 1 aliphatic heterocycles. The molecular formula is C17H20N2O2. The summed E-state index contributed by atoms with van der Waals surface area (Å²) < 4.78 is 10.7. The molecule has 0 spiro atoms. The van der Waals surface area contributed by atoms with Gasteiger partial charge >= 0.3 is 0 Å². The maximum Gasteiger partial charge on any atom is 0.231 e. The second kappa shape index (κ2) is 5.66. The standard InChI is InChI=1S/C17H20N2O2/c1-19(2)14-6-3-12(4-7-14)9-15(18)13-5-8-16-17(10-13)21-11-20-16/h3-8,10,15H,9,11,18H2,1-2H3. The Labute approximate surface area is 125 Å². The number of ether oxygens (including phenoxy) is 2. The topological polar surface area (TPSA) is 47.7 Å². The van der Waals surface area contributed by atoms with Gasteiger partial charge in [-0.05, 0) is 41.8 Å². The lowest BCUT2D eigenvalue weighted by atomic mass is 9.99. The third kappa shape index (κ3) is 2.95. The van der Waals surface area contributed by atoms with Crippen LogP contribution in [0.2, 0.25) is 0 Å². The van der Waals surface area contributed by atoms with E-state index in [1.54, 1.807) is 0 Å². The molecule has 0 aromatic heterocycles. The smallest absolute Gasteiger partial charge is 0.231 e. The fourth-order valence-corrected chi connectivity index (χ4v) is 2.45. The fraction of sp³-hybridized carbons (Fsp3) is 0.294. The molecule has 0 amide bonds. The molecule has 4 heteroatoms. The lowest BCUT2D eigenvalue weighted by Gasteiger charge is -2.15. The molecule has 0 saturated carbocycles. The molecule has 0 aliphatic carbocycles. The molecular weight excluding hydrogens is 264 g/mol. The Morgan fingerprint density at radius 1 is 1.05 bits per heavy atom. The molecule has 2 N–H and O–H groups in total. The van der Waals surface area contributed by atoms with Crippen molar-refractivity contribution < 1.29 is 9.47 Å². The number of fused-ring (bicyclic) bond motifs is 1. The highest BCUT2D eigenvalue weighted by molar-refractivity contribution is 5.47. The van der Waals surface area contributed by atoms with Crippen molar-refractivity contribution >= 4 is 5.69 Å². The van der Waals surface area contributed by atoms with E-state index in [4.69, 9.17) is 15.2 Å². The lowest BCUT2D eigenvalue weighted by Crippen LogP contribution is -2.13. The number of nitrogens with zero attached hydrogens (tertiary/aromatic N) is 1. The summed E-state index contributed by atoms with van der Waals surface area (Å²) in [7, 11) is 4.07. The van der Waals surface area contributed by atoms with Gasteiger partial charge in [0.15, 0.2) is 11.5 Å². The Hall–Kier alpha value is -2.20. The second-order valence-electron chi connectivity index (χ2n) is 5.48. The molecule has 1 aliphatic rings. The fourth-order valence-electron chi connectivity index (χ4n) is 2.45. The SMILES string of the molecule is CN(C)c1ccc(CC(N)c2ccc3c(c2)OCO3)cc1. The maximum absolute atomic E-state index is 6.31. The maximum atomic E-state index is 6.31. The summed E-state index contributed by atoms with van der Waals surface area (Å²) >= 11 is 0. The summed E-state index contributed by atoms with van der Waals surface area (Å²) in [6.07, 6.45) is 0.799. The first-order valence-corrected chi connectivity index (χ1v) is 7.05. The molecule has 0 bridgehead atoms. The summed E-state index contributed by atoms with van der Waals surface area (Å²) in [5.74, 6) is 1.58. The molecule has 2 aromatic rings. The van der Waals surface area contributed by atoms with Crippen LogP contribution in [0.3, 0.4) is 0 Å². The molecule has 0 radical (unpaired) electrons. The van der Waals surface area contributed by atoms with Crippen LogP contribution in [0.15, 0.2) is 42.5 Å². The molecule has 1 atom stereocenters. The summed E-state index contributed by atoms with van der Waals surface area (Å²) in [5, 5.41) is 0. The second-order valence-corrected chi connectivity index (χ2v) is 5.48. The molecule has 2 aromatic carbocycles. The number of nitrogens with two attached hydrogens (primary N) is 1. The first-order chi connectivity index (χ1) is 10.1. The summed E-state index contributed by atoms with van der Waals surface area (Å²) in [6, 6.07) is 14.3. The average Bonchev–Trinajstić information content (AvgIpc) is 2.95. The molecule has 1 unspecified atom stereocenters. The first-order valence-electron chi connectivity index (χ1n) is 7.05. The normalized spacial score (nSPS) is 14.0. The monoisotopic (exact) mass is 284 g/mol. The van der Waals surface area contributed by atoms with Crippen molar-refractivity contribution in [3.8, 4) is 11.5 Å². The van der Waals surface area contributed by atoms with E-state index in [1.165, 1.54) is 11.3 Å². The Morgan fingerprint density at radius 2 is 1.76 bits per heavy atom. The van der Waals surface area contributed by atoms with E-state index < -0.39 is 0 Å². The zero-order valence-corrected chi connectivity index (χ0v) is 12.4. The van der Waals surface area contributed by atoms with E-state index in [-0.39, 0.29) is 6.04 Å². The minimum Gasteiger partial charge on any atom is -0.454 e. The third-order valence-corrected chi connectivity index (χ3v) is 3.73. The van der Waals surface area contributed by atoms with Crippen LogP contribution in [-0.4, -0.2) is 20.9 Å². The van der Waals surface area contributed by atoms with Crippen LogP contribution in [0.25, 0.3) is 0 Å². The number of hydrogen-bond donors (Lipinski definition) is 1. The van der Waals surface area contributed by atoms with Gasteiger partial charge in [-0.1, -0.05) is 18.2 Å². The van der Waals surface area contributed by atoms with E-state index in [0.29, 0.717) is 6.79 Å². The van der Waals surface area contributed by atoms with Crippen molar-refractivity contribution in [3.05, 3.63) is 53.6 Å². The van der Waals surface area contributed by atoms with Crippen molar-refractivity contribution in [1.82, 2.24) is 0 Å². The highest BCUT2D eigenvalue weighted by Crippen LogP contribution is 2.34. The number of anilines is 1. The Morgan fingerprint density at radius 3 is 2.48 bits per heavy atom. The van der Waals surface area contributed by atoms with Gasteiger partial charge in [-0.25, -0.2) is 0 Å². The van der Waals surface area contributed by atoms with Gasteiger partial charge in [0.1, 0.15) is 0 Å². The largest absolute Gasteiger partial charge is 0.454 e. The minimum atomic E-state index is -0.0512. The van der Waals surface area contributed by atoms with E-state index in [0.717, 1.165) is 23.5 Å². The predicted molar refractivity (Wildman–Crippen MR) is 84.0 cm³/mol. The van der Waals surface area contributed by atoms with Gasteiger partial charge in [0.2, 0.25) is 6.79 Å². The molecule has 21 heavy (non-hydrogen) atoms. The van der Waals surface area contributed by atoms with E-state index in [2.05, 4.69) is 29.2 Å². The summed E-state index contributed by atoms with van der Waals surface area (Å²) in [4.78, 5) is 2.08. The van der Waals surface area contributed by atoms with Crippen LogP contribution in [0, 0.1) is 0 Å². The van der Waals surface area contributed by atoms with Gasteiger partial charge < -0.3 is 20.1 Å². The van der Waals surface area contributed by atoms with Crippen LogP contribution < -0.4 is 20.1 Å². The zero-order chi connectivity index (χ0) is 14.8. The zero-order valence-electron chi connectivity index (χ0n) is 12.4. The lowest BCUT2D eigenvalue weighted by molar-refractivity contribution is 0.174. The molecule has 110 valence electrons. The van der Waals surface area contributed by atoms with Crippen LogP contribution in [-0.2, 0) is 6.42 Å². The van der Waals surface area contributed by atoms with Gasteiger partial charge in [0, 0.05) is 25.8 Å². The first kappa shape index (κ1) is 13.8. The van der Waals surface area contributed by atoms with Gasteiger partial charge in [-0.15, -0.1) is 0 Å². The summed E-state index contributed by atoms with van der Waals surface area (Å²) in [5.41, 5.74) is 9.80. The van der Waals surface area contributed by atoms with E-state index in [9.17, 15) is 0 Å². The number of hydrogen-bond acceptors (Lipinski definition) is 4. The molecule has 1 heterocycles. The van der Waals surface area contributed by atoms with Gasteiger partial charge in [0.25, 0.3) is 0 Å². The van der Waals surface area contributed by atoms with Crippen molar-refractivity contribution in [2.45, 2.75) is 12.5 Å². The number of benzene rings is 2. The van der Waals surface area contributed by atoms with Crippen molar-refractivity contribution in [1.29, 1.82) is 0 Å². The van der Waals surface area contributed by atoms with Crippen molar-refractivity contribution in [2.24, 2.45) is 5.73 Å². The third-order valence-electron chi connectivity index (χ3n) is 3.73. The average molecular weight is 284 g/mol. The summed E-state index contributed by atoms with van der Waals surface area (Å²) in [6.45, 7) is 0.292. The molecule has 0 saturated heterocycles. The van der Waals surface area contributed by atoms with E-state index >= 15 is 0 Å². The highest BCUT2D eigenvalue weighted by atomic mass is 16.7. The van der Waals surface area contributed by atoms with Crippen LogP contribution in [0.5, 0.6) is 11.5 Å². The number of rotatable bonds is 4. The van der Waals surface area contributed by atoms with Gasteiger partial charge in [-0.3, -0.25) is 0 Å². The van der Waals surface area contributed by atoms with E-state index in [1.807, 2.05) is 32.3 Å². The highest BCUT2D eigenvalue weighted by Gasteiger charge is 2.16. The Balaban J connectivity index is 1.72. The molecule has 0 fully saturated rings. The van der Waals surface area contributed by atoms with Crippen molar-refractivity contribution in [2.75, 3.05) is 25.8 Å².